The van der Waals surface area contributed by atoms with Gasteiger partial charge < -0.3 is 15.4 Å². The van der Waals surface area contributed by atoms with Crippen molar-refractivity contribution in [2.24, 2.45) is 0 Å². The van der Waals surface area contributed by atoms with Gasteiger partial charge in [-0.05, 0) is 33.0 Å². The molecule has 5 nitrogen and oxygen atoms in total. The second-order valence-electron chi connectivity index (χ2n) is 4.11. The lowest BCUT2D eigenvalue weighted by atomic mass is 10.1. The van der Waals surface area contributed by atoms with E-state index >= 15 is 0 Å². The third-order valence-electron chi connectivity index (χ3n) is 2.98. The predicted molar refractivity (Wildman–Crippen MR) is 59.0 cm³/mol. The monoisotopic (exact) mass is 210 g/mol. The van der Waals surface area contributed by atoms with Crippen molar-refractivity contribution < 1.29 is 4.74 Å². The Bertz CT molecular complexity index is 328. The van der Waals surface area contributed by atoms with Crippen LogP contribution in [0, 0.1) is 0 Å². The summed E-state index contributed by atoms with van der Waals surface area (Å²) >= 11 is 0. The number of piperidine rings is 1. The van der Waals surface area contributed by atoms with Gasteiger partial charge in [-0.15, -0.1) is 5.10 Å². The number of rotatable bonds is 2. The van der Waals surface area contributed by atoms with Crippen LogP contribution in [0.15, 0.2) is 6.20 Å². The molecule has 0 radical (unpaired) electrons. The second kappa shape index (κ2) is 4.10. The van der Waals surface area contributed by atoms with Gasteiger partial charge in [-0.3, -0.25) is 4.68 Å². The zero-order valence-electron chi connectivity index (χ0n) is 9.31. The van der Waals surface area contributed by atoms with Gasteiger partial charge in [0.05, 0.1) is 19.3 Å². The first-order chi connectivity index (χ1) is 7.20. The number of nitrogens with two attached hydrogens (primary N) is 1. The van der Waals surface area contributed by atoms with Crippen molar-refractivity contribution in [3.8, 4) is 5.88 Å². The van der Waals surface area contributed by atoms with Crippen molar-refractivity contribution in [2.45, 2.75) is 18.9 Å². The summed E-state index contributed by atoms with van der Waals surface area (Å²) in [5.74, 6) is 0.536. The quantitative estimate of drug-likeness (QED) is 0.782. The Kier molecular flexibility index (Phi) is 2.81. The van der Waals surface area contributed by atoms with E-state index < -0.39 is 0 Å². The number of hydrogen-bond acceptors (Lipinski definition) is 4. The lowest BCUT2D eigenvalue weighted by molar-refractivity contribution is 0.210. The van der Waals surface area contributed by atoms with Gasteiger partial charge in [-0.25, -0.2) is 0 Å². The number of methoxy groups -OCH3 is 1. The van der Waals surface area contributed by atoms with Crippen molar-refractivity contribution in [1.82, 2.24) is 14.7 Å². The lowest BCUT2D eigenvalue weighted by Gasteiger charge is -2.28. The molecule has 2 N–H and O–H groups in total. The van der Waals surface area contributed by atoms with Crippen LogP contribution in [0.4, 0.5) is 5.69 Å². The molecule has 2 rings (SSSR count). The minimum atomic E-state index is 0.465. The Morgan fingerprint density at radius 3 is 2.67 bits per heavy atom. The van der Waals surface area contributed by atoms with Gasteiger partial charge in [-0.2, -0.15) is 0 Å². The SMILES string of the molecule is COc1nn(C2CCN(C)CC2)cc1N. The Labute approximate surface area is 89.8 Å². The van der Waals surface area contributed by atoms with Gasteiger partial charge in [0, 0.05) is 0 Å². The molecule has 0 bridgehead atoms. The van der Waals surface area contributed by atoms with Crippen LogP contribution < -0.4 is 10.5 Å². The lowest BCUT2D eigenvalue weighted by Crippen LogP contribution is -2.31. The average molecular weight is 210 g/mol. The molecule has 0 saturated carbocycles. The van der Waals surface area contributed by atoms with E-state index in [0.717, 1.165) is 25.9 Å². The molecular weight excluding hydrogens is 192 g/mol. The third kappa shape index (κ3) is 2.07. The van der Waals surface area contributed by atoms with E-state index in [0.29, 0.717) is 17.6 Å². The van der Waals surface area contributed by atoms with E-state index in [2.05, 4.69) is 17.0 Å². The molecule has 1 aliphatic rings. The molecule has 84 valence electrons. The largest absolute Gasteiger partial charge is 0.478 e. The van der Waals surface area contributed by atoms with Crippen molar-refractivity contribution in [3.63, 3.8) is 0 Å². The number of anilines is 1. The standard InChI is InChI=1S/C10H18N4O/c1-13-5-3-8(4-6-13)14-7-9(11)10(12-14)15-2/h7-8H,3-6,11H2,1-2H3. The smallest absolute Gasteiger partial charge is 0.256 e. The van der Waals surface area contributed by atoms with Gasteiger partial charge in [0.15, 0.2) is 0 Å². The number of ether oxygens (including phenoxy) is 1. The fourth-order valence-corrected chi connectivity index (χ4v) is 1.99. The Morgan fingerprint density at radius 2 is 2.13 bits per heavy atom. The Balaban J connectivity index is 2.09. The van der Waals surface area contributed by atoms with Gasteiger partial charge in [0.2, 0.25) is 0 Å². The van der Waals surface area contributed by atoms with Crippen LogP contribution in [0.5, 0.6) is 5.88 Å². The van der Waals surface area contributed by atoms with E-state index in [1.54, 1.807) is 7.11 Å². The summed E-state index contributed by atoms with van der Waals surface area (Å²) < 4.78 is 7.02. The van der Waals surface area contributed by atoms with Crippen molar-refractivity contribution >= 4 is 5.69 Å². The van der Waals surface area contributed by atoms with Gasteiger partial charge in [0.1, 0.15) is 5.69 Å². The fraction of sp³-hybridized carbons (Fsp3) is 0.700. The number of aromatic nitrogens is 2. The predicted octanol–water partition coefficient (Wildman–Crippen LogP) is 0.741. The van der Waals surface area contributed by atoms with Crippen LogP contribution >= 0.6 is 0 Å². The maximum Gasteiger partial charge on any atom is 0.256 e. The molecule has 0 amide bonds. The molecule has 0 unspecified atom stereocenters. The van der Waals surface area contributed by atoms with Crippen LogP contribution in [0.25, 0.3) is 0 Å². The highest BCUT2D eigenvalue weighted by atomic mass is 16.5. The number of likely N-dealkylation sites (tertiary alicyclic amines) is 1. The molecular formula is C10H18N4O. The highest BCUT2D eigenvalue weighted by Gasteiger charge is 2.20. The van der Waals surface area contributed by atoms with E-state index in [4.69, 9.17) is 10.5 Å². The third-order valence-corrected chi connectivity index (χ3v) is 2.98. The summed E-state index contributed by atoms with van der Waals surface area (Å²) in [7, 11) is 3.74. The van der Waals surface area contributed by atoms with Crippen molar-refractivity contribution in [2.75, 3.05) is 33.0 Å². The van der Waals surface area contributed by atoms with Gasteiger partial charge in [-0.1, -0.05) is 0 Å². The maximum atomic E-state index is 5.77. The number of nitrogen functional groups attached to an aromatic ring is 1. The molecule has 1 aromatic rings. The van der Waals surface area contributed by atoms with E-state index in [1.807, 2.05) is 10.9 Å². The van der Waals surface area contributed by atoms with E-state index in [9.17, 15) is 0 Å². The Hall–Kier alpha value is -1.23. The van der Waals surface area contributed by atoms with E-state index in [-0.39, 0.29) is 0 Å². The molecule has 0 atom stereocenters. The summed E-state index contributed by atoms with van der Waals surface area (Å²) in [6.07, 6.45) is 4.12. The first kappa shape index (κ1) is 10.3. The van der Waals surface area contributed by atoms with Crippen LogP contribution in [0.3, 0.4) is 0 Å². The van der Waals surface area contributed by atoms with Crippen LogP contribution in [0.1, 0.15) is 18.9 Å². The zero-order valence-corrected chi connectivity index (χ0v) is 9.31. The molecule has 1 aliphatic heterocycles. The van der Waals surface area contributed by atoms with Crippen LogP contribution in [-0.2, 0) is 0 Å². The molecule has 0 aromatic carbocycles. The summed E-state index contributed by atoms with van der Waals surface area (Å²) in [5, 5.41) is 4.33. The molecule has 15 heavy (non-hydrogen) atoms. The molecule has 0 spiro atoms. The van der Waals surface area contributed by atoms with Gasteiger partial charge >= 0.3 is 0 Å². The Morgan fingerprint density at radius 1 is 1.47 bits per heavy atom. The molecule has 1 saturated heterocycles. The summed E-state index contributed by atoms with van der Waals surface area (Å²) in [5.41, 5.74) is 6.39. The summed E-state index contributed by atoms with van der Waals surface area (Å²) in [4.78, 5) is 2.33. The summed E-state index contributed by atoms with van der Waals surface area (Å²) in [6, 6.07) is 0.465. The number of nitrogens with zero attached hydrogens (tertiary/aromatic N) is 3. The molecule has 2 heterocycles. The molecule has 0 aliphatic carbocycles. The second-order valence-corrected chi connectivity index (χ2v) is 4.11. The molecule has 1 fully saturated rings. The van der Waals surface area contributed by atoms with Crippen molar-refractivity contribution in [1.29, 1.82) is 0 Å². The number of hydrogen-bond donors (Lipinski definition) is 1. The van der Waals surface area contributed by atoms with Crippen LogP contribution in [-0.4, -0.2) is 41.9 Å². The van der Waals surface area contributed by atoms with Crippen LogP contribution in [0.2, 0.25) is 0 Å². The normalized spacial score (nSPS) is 19.3. The first-order valence-electron chi connectivity index (χ1n) is 5.28. The van der Waals surface area contributed by atoms with Gasteiger partial charge in [0.25, 0.3) is 5.88 Å². The minimum Gasteiger partial charge on any atom is -0.478 e. The first-order valence-corrected chi connectivity index (χ1v) is 5.28. The summed E-state index contributed by atoms with van der Waals surface area (Å²) in [6.45, 7) is 2.24. The topological polar surface area (TPSA) is 56.3 Å². The fourth-order valence-electron chi connectivity index (χ4n) is 1.99. The van der Waals surface area contributed by atoms with E-state index in [1.165, 1.54) is 0 Å². The highest BCUT2D eigenvalue weighted by molar-refractivity contribution is 5.45. The molecule has 5 heteroatoms. The minimum absolute atomic E-state index is 0.465. The maximum absolute atomic E-state index is 5.77. The zero-order chi connectivity index (χ0) is 10.8. The highest BCUT2D eigenvalue weighted by Crippen LogP contribution is 2.25. The molecule has 1 aromatic heterocycles. The average Bonchev–Trinajstić information content (AvgIpc) is 2.61. The van der Waals surface area contributed by atoms with Crippen molar-refractivity contribution in [3.05, 3.63) is 6.20 Å².